The molecule has 3 heteroatoms. The molecule has 0 radical (unpaired) electrons. The zero-order chi connectivity index (χ0) is 9.68. The molecule has 0 aliphatic rings. The molecule has 0 aliphatic heterocycles. The Balaban J connectivity index is 2.46. The summed E-state index contributed by atoms with van der Waals surface area (Å²) in [6, 6.07) is 5.48. The van der Waals surface area contributed by atoms with Gasteiger partial charge in [0.15, 0.2) is 0 Å². The summed E-state index contributed by atoms with van der Waals surface area (Å²) in [4.78, 5) is 15.2. The summed E-state index contributed by atoms with van der Waals surface area (Å²) in [5, 5.41) is 0. The van der Waals surface area contributed by atoms with Gasteiger partial charge in [-0.2, -0.15) is 0 Å². The quantitative estimate of drug-likeness (QED) is 0.661. The standard InChI is InChI=1S/C10H13NO2/c1-8(2)13-10(12)7-9-5-3-4-6-11-9/h3-6,8H,7H2,1-2H3. The Labute approximate surface area is 77.8 Å². The van der Waals surface area contributed by atoms with Crippen molar-refractivity contribution >= 4 is 5.97 Å². The Morgan fingerprint density at radius 2 is 2.31 bits per heavy atom. The van der Waals surface area contributed by atoms with Gasteiger partial charge in [-0.1, -0.05) is 6.07 Å². The van der Waals surface area contributed by atoms with Gasteiger partial charge < -0.3 is 4.74 Å². The van der Waals surface area contributed by atoms with Crippen LogP contribution in [0, 0.1) is 0 Å². The molecule has 0 amide bonds. The molecule has 70 valence electrons. The number of hydrogen-bond donors (Lipinski definition) is 0. The molecule has 13 heavy (non-hydrogen) atoms. The summed E-state index contributed by atoms with van der Waals surface area (Å²) < 4.78 is 4.98. The van der Waals surface area contributed by atoms with Gasteiger partial charge in [-0.3, -0.25) is 9.78 Å². The molecule has 0 bridgehead atoms. The topological polar surface area (TPSA) is 39.2 Å². The molecule has 3 nitrogen and oxygen atoms in total. The zero-order valence-electron chi connectivity index (χ0n) is 7.86. The van der Waals surface area contributed by atoms with Gasteiger partial charge in [0.25, 0.3) is 0 Å². The van der Waals surface area contributed by atoms with E-state index >= 15 is 0 Å². The van der Waals surface area contributed by atoms with E-state index in [0.717, 1.165) is 5.69 Å². The second-order valence-corrected chi connectivity index (χ2v) is 3.04. The lowest BCUT2D eigenvalue weighted by Crippen LogP contribution is -2.14. The van der Waals surface area contributed by atoms with Crippen molar-refractivity contribution in [3.63, 3.8) is 0 Å². The van der Waals surface area contributed by atoms with Gasteiger partial charge in [0, 0.05) is 6.20 Å². The van der Waals surface area contributed by atoms with Gasteiger partial charge in [0.2, 0.25) is 0 Å². The summed E-state index contributed by atoms with van der Waals surface area (Å²) in [7, 11) is 0. The fourth-order valence-electron chi connectivity index (χ4n) is 0.955. The normalized spacial score (nSPS) is 10.1. The first-order valence-electron chi connectivity index (χ1n) is 4.28. The summed E-state index contributed by atoms with van der Waals surface area (Å²) >= 11 is 0. The third-order valence-corrected chi connectivity index (χ3v) is 1.42. The molecule has 0 aliphatic carbocycles. The van der Waals surface area contributed by atoms with Crippen molar-refractivity contribution < 1.29 is 9.53 Å². The maximum absolute atomic E-state index is 11.2. The minimum Gasteiger partial charge on any atom is -0.463 e. The Kier molecular flexibility index (Phi) is 3.43. The van der Waals surface area contributed by atoms with Crippen LogP contribution < -0.4 is 0 Å². The van der Waals surface area contributed by atoms with Crippen LogP contribution in [-0.4, -0.2) is 17.1 Å². The van der Waals surface area contributed by atoms with Crippen molar-refractivity contribution in [3.05, 3.63) is 30.1 Å². The summed E-state index contributed by atoms with van der Waals surface area (Å²) in [5.74, 6) is -0.228. The average Bonchev–Trinajstić information content (AvgIpc) is 2.04. The SMILES string of the molecule is CC(C)OC(=O)Cc1ccccn1. The first-order valence-corrected chi connectivity index (χ1v) is 4.28. The highest BCUT2D eigenvalue weighted by atomic mass is 16.5. The van der Waals surface area contributed by atoms with Crippen molar-refractivity contribution in [3.8, 4) is 0 Å². The van der Waals surface area contributed by atoms with Crippen molar-refractivity contribution in [2.24, 2.45) is 0 Å². The number of aromatic nitrogens is 1. The maximum Gasteiger partial charge on any atom is 0.312 e. The number of rotatable bonds is 3. The predicted octanol–water partition coefficient (Wildman–Crippen LogP) is 1.58. The van der Waals surface area contributed by atoms with Crippen LogP contribution in [0.2, 0.25) is 0 Å². The lowest BCUT2D eigenvalue weighted by Gasteiger charge is -2.06. The number of pyridine rings is 1. The predicted molar refractivity (Wildman–Crippen MR) is 49.2 cm³/mol. The fraction of sp³-hybridized carbons (Fsp3) is 0.400. The van der Waals surface area contributed by atoms with Gasteiger partial charge in [-0.15, -0.1) is 0 Å². The number of nitrogens with zero attached hydrogens (tertiary/aromatic N) is 1. The molecule has 0 fully saturated rings. The van der Waals surface area contributed by atoms with E-state index in [1.807, 2.05) is 32.0 Å². The van der Waals surface area contributed by atoms with E-state index in [9.17, 15) is 4.79 Å². The molecule has 0 N–H and O–H groups in total. The van der Waals surface area contributed by atoms with E-state index in [-0.39, 0.29) is 18.5 Å². The van der Waals surface area contributed by atoms with E-state index in [1.165, 1.54) is 0 Å². The van der Waals surface area contributed by atoms with Crippen molar-refractivity contribution in [1.29, 1.82) is 0 Å². The molecule has 0 atom stereocenters. The second kappa shape index (κ2) is 4.60. The monoisotopic (exact) mass is 179 g/mol. The van der Waals surface area contributed by atoms with E-state index < -0.39 is 0 Å². The van der Waals surface area contributed by atoms with Crippen molar-refractivity contribution in [2.75, 3.05) is 0 Å². The first-order chi connectivity index (χ1) is 6.18. The highest BCUT2D eigenvalue weighted by Crippen LogP contribution is 1.98. The molecule has 1 aromatic rings. The summed E-state index contributed by atoms with van der Waals surface area (Å²) in [6.07, 6.45) is 1.85. The van der Waals surface area contributed by atoms with Gasteiger partial charge in [0.1, 0.15) is 0 Å². The minimum absolute atomic E-state index is 0.0591. The van der Waals surface area contributed by atoms with Crippen LogP contribution in [0.5, 0.6) is 0 Å². The molecule has 1 heterocycles. The zero-order valence-corrected chi connectivity index (χ0v) is 7.86. The first kappa shape index (κ1) is 9.71. The highest BCUT2D eigenvalue weighted by molar-refractivity contribution is 5.72. The van der Waals surface area contributed by atoms with Gasteiger partial charge in [-0.25, -0.2) is 0 Å². The van der Waals surface area contributed by atoms with Gasteiger partial charge in [-0.05, 0) is 26.0 Å². The van der Waals surface area contributed by atoms with Gasteiger partial charge in [0.05, 0.1) is 18.2 Å². The van der Waals surface area contributed by atoms with Crippen LogP contribution in [0.3, 0.4) is 0 Å². The number of esters is 1. The molecular formula is C10H13NO2. The second-order valence-electron chi connectivity index (χ2n) is 3.04. The highest BCUT2D eigenvalue weighted by Gasteiger charge is 2.06. The van der Waals surface area contributed by atoms with Crippen LogP contribution in [0.25, 0.3) is 0 Å². The smallest absolute Gasteiger partial charge is 0.312 e. The summed E-state index contributed by atoms with van der Waals surface area (Å²) in [6.45, 7) is 3.66. The maximum atomic E-state index is 11.2. The van der Waals surface area contributed by atoms with Crippen LogP contribution in [0.15, 0.2) is 24.4 Å². The lowest BCUT2D eigenvalue weighted by molar-refractivity contribution is -0.146. The van der Waals surface area contributed by atoms with Crippen molar-refractivity contribution in [2.45, 2.75) is 26.4 Å². The molecule has 1 aromatic heterocycles. The Hall–Kier alpha value is -1.38. The van der Waals surface area contributed by atoms with Crippen molar-refractivity contribution in [1.82, 2.24) is 4.98 Å². The van der Waals surface area contributed by atoms with Crippen LogP contribution >= 0.6 is 0 Å². The third-order valence-electron chi connectivity index (χ3n) is 1.42. The number of carbonyl (C=O) groups is 1. The lowest BCUT2D eigenvalue weighted by atomic mass is 10.3. The molecule has 0 saturated carbocycles. The molecule has 0 saturated heterocycles. The van der Waals surface area contributed by atoms with Gasteiger partial charge >= 0.3 is 5.97 Å². The van der Waals surface area contributed by atoms with E-state index in [1.54, 1.807) is 6.20 Å². The molecule has 0 unspecified atom stereocenters. The van der Waals surface area contributed by atoms with Crippen LogP contribution in [-0.2, 0) is 16.0 Å². The van der Waals surface area contributed by atoms with Crippen LogP contribution in [0.4, 0.5) is 0 Å². The Morgan fingerprint density at radius 1 is 1.54 bits per heavy atom. The molecule has 0 spiro atoms. The molecular weight excluding hydrogens is 166 g/mol. The number of hydrogen-bond acceptors (Lipinski definition) is 3. The number of ether oxygens (including phenoxy) is 1. The third kappa shape index (κ3) is 3.69. The Morgan fingerprint density at radius 3 is 2.85 bits per heavy atom. The average molecular weight is 179 g/mol. The molecule has 1 rings (SSSR count). The van der Waals surface area contributed by atoms with Crippen LogP contribution in [0.1, 0.15) is 19.5 Å². The number of carbonyl (C=O) groups excluding carboxylic acids is 1. The minimum atomic E-state index is -0.228. The Bertz CT molecular complexity index is 270. The van der Waals surface area contributed by atoms with E-state index in [4.69, 9.17) is 4.74 Å². The van der Waals surface area contributed by atoms with E-state index in [0.29, 0.717) is 0 Å². The molecule has 0 aromatic carbocycles. The fourth-order valence-corrected chi connectivity index (χ4v) is 0.955. The largest absolute Gasteiger partial charge is 0.463 e. The van der Waals surface area contributed by atoms with E-state index in [2.05, 4.69) is 4.98 Å². The summed E-state index contributed by atoms with van der Waals surface area (Å²) in [5.41, 5.74) is 0.744.